The molecule has 3 heteroatoms. The Hall–Kier alpha value is -1.06. The van der Waals surface area contributed by atoms with Crippen molar-refractivity contribution in [1.29, 1.82) is 0 Å². The molecule has 0 radical (unpaired) electrons. The normalized spacial score (nSPS) is 14.2. The first-order valence-corrected chi connectivity index (χ1v) is 3.28. The first-order valence-electron chi connectivity index (χ1n) is 3.28. The van der Waals surface area contributed by atoms with Gasteiger partial charge in [-0.2, -0.15) is 5.53 Å². The number of fused-ring (bicyclic) bond motifs is 1. The van der Waals surface area contributed by atoms with E-state index in [0.717, 1.165) is 12.2 Å². The molecule has 1 heterocycles. The Labute approximate surface area is 66.8 Å². The third-order valence-electron chi connectivity index (χ3n) is 1.58. The minimum Gasteiger partial charge on any atom is -0.308 e. The van der Waals surface area contributed by atoms with Crippen LogP contribution in [0, 0.1) is 0 Å². The fourth-order valence-electron chi connectivity index (χ4n) is 1.05. The van der Waals surface area contributed by atoms with Gasteiger partial charge in [0.15, 0.2) is 0 Å². The van der Waals surface area contributed by atoms with Gasteiger partial charge in [-0.15, -0.1) is 0 Å². The fourth-order valence-corrected chi connectivity index (χ4v) is 1.05. The predicted molar refractivity (Wildman–Crippen MR) is 46.8 cm³/mol. The van der Waals surface area contributed by atoms with Crippen LogP contribution in [0.2, 0.25) is 0 Å². The molecule has 0 fully saturated rings. The standard InChI is InChI=1S/C7H9N3.CH4/c1-2-4-7-6(3-1)5-8-10-9-7;/h1-4,8-10H,5H2;1H4. The van der Waals surface area contributed by atoms with Gasteiger partial charge in [-0.05, 0) is 11.6 Å². The van der Waals surface area contributed by atoms with Crippen LogP contribution in [0.1, 0.15) is 13.0 Å². The van der Waals surface area contributed by atoms with Gasteiger partial charge >= 0.3 is 0 Å². The molecule has 1 aliphatic rings. The SMILES string of the molecule is C.c1ccc2c(c1)CNNN2. The molecule has 2 rings (SSSR count). The van der Waals surface area contributed by atoms with E-state index < -0.39 is 0 Å². The lowest BCUT2D eigenvalue weighted by Gasteiger charge is -2.18. The summed E-state index contributed by atoms with van der Waals surface area (Å²) >= 11 is 0. The molecule has 0 saturated carbocycles. The van der Waals surface area contributed by atoms with E-state index in [9.17, 15) is 0 Å². The Bertz CT molecular complexity index is 210. The summed E-state index contributed by atoms with van der Waals surface area (Å²) in [7, 11) is 0. The maximum absolute atomic E-state index is 3.00. The monoisotopic (exact) mass is 151 g/mol. The molecule has 11 heavy (non-hydrogen) atoms. The number of hydrazine groups is 2. The predicted octanol–water partition coefficient (Wildman–Crippen LogP) is 1.26. The van der Waals surface area contributed by atoms with Crippen LogP contribution >= 0.6 is 0 Å². The van der Waals surface area contributed by atoms with E-state index >= 15 is 0 Å². The van der Waals surface area contributed by atoms with Crippen LogP contribution in [0.15, 0.2) is 24.3 Å². The lowest BCUT2D eigenvalue weighted by Crippen LogP contribution is -2.40. The molecule has 0 atom stereocenters. The molecular weight excluding hydrogens is 138 g/mol. The number of hydrogen-bond acceptors (Lipinski definition) is 3. The van der Waals surface area contributed by atoms with Crippen LogP contribution in [0.5, 0.6) is 0 Å². The van der Waals surface area contributed by atoms with Crippen LogP contribution in [0.4, 0.5) is 5.69 Å². The third-order valence-corrected chi connectivity index (χ3v) is 1.58. The van der Waals surface area contributed by atoms with E-state index in [2.05, 4.69) is 22.5 Å². The van der Waals surface area contributed by atoms with E-state index in [-0.39, 0.29) is 7.43 Å². The third kappa shape index (κ3) is 1.50. The van der Waals surface area contributed by atoms with Crippen LogP contribution in [0.25, 0.3) is 0 Å². The molecule has 60 valence electrons. The molecule has 0 amide bonds. The zero-order chi connectivity index (χ0) is 6.81. The Morgan fingerprint density at radius 2 is 2.00 bits per heavy atom. The maximum atomic E-state index is 3.00. The lowest BCUT2D eigenvalue weighted by molar-refractivity contribution is 0.567. The minimum atomic E-state index is 0. The molecule has 0 unspecified atom stereocenters. The highest BCUT2D eigenvalue weighted by Gasteiger charge is 2.03. The highest BCUT2D eigenvalue weighted by atomic mass is 15.6. The van der Waals surface area contributed by atoms with Crippen molar-refractivity contribution in [2.24, 2.45) is 0 Å². The van der Waals surface area contributed by atoms with Crippen molar-refractivity contribution in [3.8, 4) is 0 Å². The van der Waals surface area contributed by atoms with Gasteiger partial charge < -0.3 is 5.43 Å². The van der Waals surface area contributed by atoms with Gasteiger partial charge in [0.05, 0.1) is 5.69 Å². The summed E-state index contributed by atoms with van der Waals surface area (Å²) in [6.45, 7) is 0.878. The van der Waals surface area contributed by atoms with E-state index in [1.54, 1.807) is 0 Å². The van der Waals surface area contributed by atoms with Gasteiger partial charge in [0, 0.05) is 6.54 Å². The highest BCUT2D eigenvalue weighted by molar-refractivity contribution is 5.51. The van der Waals surface area contributed by atoms with Gasteiger partial charge in [0.2, 0.25) is 0 Å². The summed E-state index contributed by atoms with van der Waals surface area (Å²) in [5, 5.41) is 0. The van der Waals surface area contributed by atoms with Gasteiger partial charge in [-0.3, -0.25) is 0 Å². The van der Waals surface area contributed by atoms with E-state index in [1.165, 1.54) is 5.56 Å². The van der Waals surface area contributed by atoms with Crippen molar-refractivity contribution >= 4 is 5.69 Å². The molecule has 3 N–H and O–H groups in total. The molecule has 1 aromatic carbocycles. The van der Waals surface area contributed by atoms with Crippen LogP contribution in [-0.4, -0.2) is 0 Å². The van der Waals surface area contributed by atoms with Crippen LogP contribution in [0.3, 0.4) is 0 Å². The average Bonchev–Trinajstić information content (AvgIpc) is 2.05. The lowest BCUT2D eigenvalue weighted by atomic mass is 10.2. The zero-order valence-corrected chi connectivity index (χ0v) is 5.52. The summed E-state index contributed by atoms with van der Waals surface area (Å²) in [5.74, 6) is 0. The van der Waals surface area contributed by atoms with Gasteiger partial charge in [0.1, 0.15) is 0 Å². The molecule has 1 aliphatic heterocycles. The highest BCUT2D eigenvalue weighted by Crippen LogP contribution is 2.14. The van der Waals surface area contributed by atoms with Gasteiger partial charge in [0.25, 0.3) is 0 Å². The first-order chi connectivity index (χ1) is 4.97. The molecule has 1 aromatic rings. The maximum Gasteiger partial charge on any atom is 0.0546 e. The number of hydrogen-bond donors (Lipinski definition) is 3. The molecule has 0 aliphatic carbocycles. The number of para-hydroxylation sites is 1. The number of anilines is 1. The van der Waals surface area contributed by atoms with Crippen molar-refractivity contribution in [2.45, 2.75) is 14.0 Å². The zero-order valence-electron chi connectivity index (χ0n) is 5.52. The number of rotatable bonds is 0. The average molecular weight is 151 g/mol. The molecular formula is C8H13N3. The van der Waals surface area contributed by atoms with Crippen molar-refractivity contribution in [1.82, 2.24) is 11.0 Å². The summed E-state index contributed by atoms with van der Waals surface area (Å²) in [4.78, 5) is 0. The van der Waals surface area contributed by atoms with E-state index in [0.29, 0.717) is 0 Å². The minimum absolute atomic E-state index is 0. The number of nitrogens with one attached hydrogen (secondary N) is 3. The van der Waals surface area contributed by atoms with Crippen LogP contribution in [-0.2, 0) is 6.54 Å². The topological polar surface area (TPSA) is 36.1 Å². The quantitative estimate of drug-likeness (QED) is 0.522. The molecule has 3 nitrogen and oxygen atoms in total. The Balaban J connectivity index is 0.000000605. The van der Waals surface area contributed by atoms with Crippen molar-refractivity contribution < 1.29 is 0 Å². The second-order valence-corrected chi connectivity index (χ2v) is 2.26. The Kier molecular flexibility index (Phi) is 2.46. The largest absolute Gasteiger partial charge is 0.308 e. The van der Waals surface area contributed by atoms with E-state index in [4.69, 9.17) is 0 Å². The smallest absolute Gasteiger partial charge is 0.0546 e. The van der Waals surface area contributed by atoms with E-state index in [1.807, 2.05) is 18.2 Å². The summed E-state index contributed by atoms with van der Waals surface area (Å²) in [6.07, 6.45) is 0. The summed E-state index contributed by atoms with van der Waals surface area (Å²) in [5.41, 5.74) is 11.3. The number of benzene rings is 1. The van der Waals surface area contributed by atoms with Crippen LogP contribution < -0.4 is 16.4 Å². The summed E-state index contributed by atoms with van der Waals surface area (Å²) < 4.78 is 0. The second kappa shape index (κ2) is 3.37. The fraction of sp³-hybridized carbons (Fsp3) is 0.250. The second-order valence-electron chi connectivity index (χ2n) is 2.26. The molecule has 0 aromatic heterocycles. The van der Waals surface area contributed by atoms with Gasteiger partial charge in [-0.1, -0.05) is 25.6 Å². The summed E-state index contributed by atoms with van der Waals surface area (Å²) in [6, 6.07) is 8.19. The van der Waals surface area contributed by atoms with Gasteiger partial charge in [-0.25, -0.2) is 5.43 Å². The van der Waals surface area contributed by atoms with Crippen molar-refractivity contribution in [2.75, 3.05) is 5.43 Å². The Morgan fingerprint density at radius 3 is 2.82 bits per heavy atom. The van der Waals surface area contributed by atoms with Crippen molar-refractivity contribution in [3.05, 3.63) is 29.8 Å². The first kappa shape index (κ1) is 8.04. The molecule has 0 saturated heterocycles. The van der Waals surface area contributed by atoms with Crippen molar-refractivity contribution in [3.63, 3.8) is 0 Å². The molecule has 0 spiro atoms. The molecule has 0 bridgehead atoms. The Morgan fingerprint density at radius 1 is 1.18 bits per heavy atom.